The van der Waals surface area contributed by atoms with Crippen LogP contribution < -0.4 is 5.32 Å². The summed E-state index contributed by atoms with van der Waals surface area (Å²) in [6.07, 6.45) is 3.52. The Morgan fingerprint density at radius 3 is 2.80 bits per heavy atom. The molecule has 1 aromatic heterocycles. The lowest BCUT2D eigenvalue weighted by Crippen LogP contribution is -2.25. The number of nitrogens with zero attached hydrogens (tertiary/aromatic N) is 1. The quantitative estimate of drug-likeness (QED) is 0.815. The summed E-state index contributed by atoms with van der Waals surface area (Å²) in [5.41, 5.74) is 1.97. The lowest BCUT2D eigenvalue weighted by Gasteiger charge is -2.02. The van der Waals surface area contributed by atoms with Gasteiger partial charge in [0.05, 0.1) is 5.69 Å². The average molecular weight is 208 g/mol. The SMILES string of the molecule is Cc1noc(C)c1CCC(=O)NC1CC1. The molecule has 0 spiro atoms. The molecule has 2 rings (SSSR count). The van der Waals surface area contributed by atoms with Gasteiger partial charge in [-0.1, -0.05) is 5.16 Å². The van der Waals surface area contributed by atoms with Gasteiger partial charge in [-0.3, -0.25) is 4.79 Å². The second-order valence-corrected chi connectivity index (χ2v) is 4.14. The summed E-state index contributed by atoms with van der Waals surface area (Å²) in [4.78, 5) is 11.4. The van der Waals surface area contributed by atoms with Gasteiger partial charge in [-0.25, -0.2) is 0 Å². The average Bonchev–Trinajstić information content (AvgIpc) is 2.93. The van der Waals surface area contributed by atoms with E-state index in [-0.39, 0.29) is 5.91 Å². The highest BCUT2D eigenvalue weighted by Gasteiger charge is 2.23. The summed E-state index contributed by atoms with van der Waals surface area (Å²) in [7, 11) is 0. The molecular formula is C11H16N2O2. The maximum Gasteiger partial charge on any atom is 0.220 e. The fraction of sp³-hybridized carbons (Fsp3) is 0.636. The fourth-order valence-electron chi connectivity index (χ4n) is 1.62. The van der Waals surface area contributed by atoms with Crippen LogP contribution in [0, 0.1) is 13.8 Å². The molecule has 1 aliphatic carbocycles. The lowest BCUT2D eigenvalue weighted by molar-refractivity contribution is -0.121. The molecule has 82 valence electrons. The Hall–Kier alpha value is -1.32. The van der Waals surface area contributed by atoms with E-state index in [9.17, 15) is 4.79 Å². The first kappa shape index (κ1) is 10.2. The summed E-state index contributed by atoms with van der Waals surface area (Å²) in [6, 6.07) is 0.446. The molecule has 0 aromatic carbocycles. The summed E-state index contributed by atoms with van der Waals surface area (Å²) in [5, 5.41) is 6.83. The standard InChI is InChI=1S/C11H16N2O2/c1-7-10(8(2)15-13-7)5-6-11(14)12-9-3-4-9/h9H,3-6H2,1-2H3,(H,12,14). The van der Waals surface area contributed by atoms with Crippen molar-refractivity contribution in [1.29, 1.82) is 0 Å². The molecule has 1 amide bonds. The van der Waals surface area contributed by atoms with E-state index in [2.05, 4.69) is 10.5 Å². The molecule has 1 N–H and O–H groups in total. The van der Waals surface area contributed by atoms with Crippen LogP contribution in [-0.2, 0) is 11.2 Å². The van der Waals surface area contributed by atoms with Gasteiger partial charge >= 0.3 is 0 Å². The Morgan fingerprint density at radius 2 is 2.27 bits per heavy atom. The zero-order chi connectivity index (χ0) is 10.8. The largest absolute Gasteiger partial charge is 0.361 e. The van der Waals surface area contributed by atoms with Crippen LogP contribution in [0.2, 0.25) is 0 Å². The van der Waals surface area contributed by atoms with Gasteiger partial charge in [0.1, 0.15) is 5.76 Å². The van der Waals surface area contributed by atoms with Gasteiger partial charge in [-0.05, 0) is 33.1 Å². The van der Waals surface area contributed by atoms with Gasteiger partial charge in [0.2, 0.25) is 5.91 Å². The van der Waals surface area contributed by atoms with E-state index in [1.807, 2.05) is 13.8 Å². The van der Waals surface area contributed by atoms with Gasteiger partial charge in [0.25, 0.3) is 0 Å². The van der Waals surface area contributed by atoms with E-state index >= 15 is 0 Å². The number of hydrogen-bond donors (Lipinski definition) is 1. The van der Waals surface area contributed by atoms with Crippen molar-refractivity contribution in [3.05, 3.63) is 17.0 Å². The third-order valence-electron chi connectivity index (χ3n) is 2.73. The summed E-state index contributed by atoms with van der Waals surface area (Å²) in [6.45, 7) is 3.79. The molecule has 0 saturated heterocycles. The van der Waals surface area contributed by atoms with Crippen LogP contribution in [0.3, 0.4) is 0 Å². The van der Waals surface area contributed by atoms with Crippen LogP contribution in [0.4, 0.5) is 0 Å². The minimum Gasteiger partial charge on any atom is -0.361 e. The molecule has 4 nitrogen and oxygen atoms in total. The molecule has 1 aromatic rings. The van der Waals surface area contributed by atoms with Crippen molar-refractivity contribution in [1.82, 2.24) is 10.5 Å². The maximum absolute atomic E-state index is 11.4. The molecular weight excluding hydrogens is 192 g/mol. The van der Waals surface area contributed by atoms with Crippen LogP contribution in [0.15, 0.2) is 4.52 Å². The number of nitrogens with one attached hydrogen (secondary N) is 1. The molecule has 4 heteroatoms. The highest BCUT2D eigenvalue weighted by Crippen LogP contribution is 2.19. The molecule has 1 saturated carbocycles. The number of amides is 1. The van der Waals surface area contributed by atoms with Crippen LogP contribution in [0.1, 0.15) is 36.3 Å². The molecule has 1 fully saturated rings. The number of hydrogen-bond acceptors (Lipinski definition) is 3. The van der Waals surface area contributed by atoms with Gasteiger partial charge in [-0.2, -0.15) is 0 Å². The highest BCUT2D eigenvalue weighted by atomic mass is 16.5. The van der Waals surface area contributed by atoms with Gasteiger partial charge in [0, 0.05) is 18.0 Å². The van der Waals surface area contributed by atoms with Gasteiger partial charge < -0.3 is 9.84 Å². The molecule has 0 radical (unpaired) electrons. The Labute approximate surface area is 89.0 Å². The zero-order valence-electron chi connectivity index (χ0n) is 9.17. The van der Waals surface area contributed by atoms with E-state index in [1.54, 1.807) is 0 Å². The Kier molecular flexibility index (Phi) is 2.75. The number of rotatable bonds is 4. The van der Waals surface area contributed by atoms with Gasteiger partial charge in [0.15, 0.2) is 0 Å². The topological polar surface area (TPSA) is 55.1 Å². The molecule has 1 aliphatic rings. The first-order valence-electron chi connectivity index (χ1n) is 5.38. The van der Waals surface area contributed by atoms with E-state index in [0.29, 0.717) is 12.5 Å². The summed E-state index contributed by atoms with van der Waals surface area (Å²) in [5.74, 6) is 0.962. The van der Waals surface area contributed by atoms with Crippen molar-refractivity contribution in [3.63, 3.8) is 0 Å². The minimum absolute atomic E-state index is 0.137. The fourth-order valence-corrected chi connectivity index (χ4v) is 1.62. The smallest absolute Gasteiger partial charge is 0.220 e. The highest BCUT2D eigenvalue weighted by molar-refractivity contribution is 5.76. The molecule has 0 bridgehead atoms. The monoisotopic (exact) mass is 208 g/mol. The van der Waals surface area contributed by atoms with Crippen LogP contribution in [-0.4, -0.2) is 17.1 Å². The summed E-state index contributed by atoms with van der Waals surface area (Å²) < 4.78 is 5.04. The number of aryl methyl sites for hydroxylation is 2. The van der Waals surface area contributed by atoms with Crippen LogP contribution >= 0.6 is 0 Å². The normalized spacial score (nSPS) is 15.3. The predicted octanol–water partition coefficient (Wildman–Crippen LogP) is 1.50. The predicted molar refractivity (Wildman–Crippen MR) is 55.5 cm³/mol. The van der Waals surface area contributed by atoms with Crippen molar-refractivity contribution in [2.24, 2.45) is 0 Å². The maximum atomic E-state index is 11.4. The molecule has 1 heterocycles. The number of carbonyl (C=O) groups is 1. The van der Waals surface area contributed by atoms with E-state index in [4.69, 9.17) is 4.52 Å². The second kappa shape index (κ2) is 4.04. The van der Waals surface area contributed by atoms with Crippen LogP contribution in [0.5, 0.6) is 0 Å². The van der Waals surface area contributed by atoms with E-state index in [1.165, 1.54) is 0 Å². The van der Waals surface area contributed by atoms with E-state index < -0.39 is 0 Å². The first-order valence-corrected chi connectivity index (χ1v) is 5.38. The minimum atomic E-state index is 0.137. The molecule has 0 unspecified atom stereocenters. The van der Waals surface area contributed by atoms with Crippen molar-refractivity contribution in [3.8, 4) is 0 Å². The molecule has 0 aliphatic heterocycles. The van der Waals surface area contributed by atoms with Crippen molar-refractivity contribution in [2.75, 3.05) is 0 Å². The third kappa shape index (κ3) is 2.58. The first-order chi connectivity index (χ1) is 7.16. The molecule has 0 atom stereocenters. The Balaban J connectivity index is 1.83. The van der Waals surface area contributed by atoms with E-state index in [0.717, 1.165) is 36.3 Å². The zero-order valence-corrected chi connectivity index (χ0v) is 9.17. The number of carbonyl (C=O) groups excluding carboxylic acids is 1. The molecule has 15 heavy (non-hydrogen) atoms. The van der Waals surface area contributed by atoms with Crippen molar-refractivity contribution >= 4 is 5.91 Å². The Bertz CT molecular complexity index is 347. The van der Waals surface area contributed by atoms with Gasteiger partial charge in [-0.15, -0.1) is 0 Å². The summed E-state index contributed by atoms with van der Waals surface area (Å²) >= 11 is 0. The van der Waals surface area contributed by atoms with Crippen molar-refractivity contribution < 1.29 is 9.32 Å². The van der Waals surface area contributed by atoms with Crippen molar-refractivity contribution in [2.45, 2.75) is 45.6 Å². The number of aromatic nitrogens is 1. The second-order valence-electron chi connectivity index (χ2n) is 4.14. The Morgan fingerprint density at radius 1 is 1.53 bits per heavy atom. The van der Waals surface area contributed by atoms with Crippen LogP contribution in [0.25, 0.3) is 0 Å². The third-order valence-corrected chi connectivity index (χ3v) is 2.73. The lowest BCUT2D eigenvalue weighted by atomic mass is 10.1.